The fraction of sp³-hybridized carbons (Fsp3) is 0.381. The highest BCUT2D eigenvalue weighted by atomic mass is 19.3. The van der Waals surface area contributed by atoms with Crippen LogP contribution in [-0.2, 0) is 16.0 Å². The standard InChI is InChI=1S/C21H18F8N2O2/c1-2-3-13-10-30-18(31-11-13)14-7-4-12(5-8-14)6-9-15(32)33-19(25)21(28,29)20(26,27)16(22)17(23)24/h4-11,16-17,19H,2-3H2,1H3. The van der Waals surface area contributed by atoms with E-state index in [2.05, 4.69) is 14.7 Å². The molecule has 0 radical (unpaired) electrons. The van der Waals surface area contributed by atoms with Crippen LogP contribution in [0.4, 0.5) is 35.1 Å². The molecule has 33 heavy (non-hydrogen) atoms. The van der Waals surface area contributed by atoms with Crippen molar-refractivity contribution in [2.24, 2.45) is 0 Å². The van der Waals surface area contributed by atoms with Crippen LogP contribution < -0.4 is 0 Å². The zero-order valence-corrected chi connectivity index (χ0v) is 17.0. The molecule has 0 aliphatic heterocycles. The average Bonchev–Trinajstić information content (AvgIpc) is 2.78. The van der Waals surface area contributed by atoms with Gasteiger partial charge in [0.1, 0.15) is 0 Å². The number of aryl methyl sites for hydroxylation is 1. The van der Waals surface area contributed by atoms with Crippen molar-refractivity contribution in [2.75, 3.05) is 0 Å². The van der Waals surface area contributed by atoms with Gasteiger partial charge in [-0.3, -0.25) is 0 Å². The van der Waals surface area contributed by atoms with Gasteiger partial charge >= 0.3 is 24.2 Å². The minimum atomic E-state index is -6.11. The van der Waals surface area contributed by atoms with Crippen molar-refractivity contribution < 1.29 is 44.7 Å². The Kier molecular flexibility index (Phi) is 8.51. The summed E-state index contributed by atoms with van der Waals surface area (Å²) < 4.78 is 107. The first-order chi connectivity index (χ1) is 15.4. The third kappa shape index (κ3) is 6.26. The predicted octanol–water partition coefficient (Wildman–Crippen LogP) is 5.82. The molecule has 0 aliphatic carbocycles. The SMILES string of the molecule is CCCc1cnc(-c2ccc(C=CC(=O)OC(F)C(F)(F)C(F)(F)C(F)C(F)F)cc2)nc1. The molecule has 0 spiro atoms. The van der Waals surface area contributed by atoms with Gasteiger partial charge in [0, 0.05) is 24.0 Å². The van der Waals surface area contributed by atoms with Crippen molar-refractivity contribution in [3.8, 4) is 11.4 Å². The Hall–Kier alpha value is -3.05. The fourth-order valence-corrected chi connectivity index (χ4v) is 2.54. The summed E-state index contributed by atoms with van der Waals surface area (Å²) in [5.74, 6) is -13.5. The Bertz CT molecular complexity index is 950. The van der Waals surface area contributed by atoms with Gasteiger partial charge in [-0.15, -0.1) is 0 Å². The van der Waals surface area contributed by atoms with Gasteiger partial charge in [0.05, 0.1) is 0 Å². The normalized spacial score (nSPS) is 14.5. The van der Waals surface area contributed by atoms with Crippen LogP contribution in [0.2, 0.25) is 0 Å². The highest BCUT2D eigenvalue weighted by Gasteiger charge is 2.70. The van der Waals surface area contributed by atoms with E-state index in [-0.39, 0.29) is 0 Å². The number of aromatic nitrogens is 2. The largest absolute Gasteiger partial charge is 0.421 e. The Labute approximate surface area is 183 Å². The molecule has 0 fully saturated rings. The maximum atomic E-state index is 13.5. The number of halogens is 8. The van der Waals surface area contributed by atoms with Crippen LogP contribution in [0.15, 0.2) is 42.7 Å². The number of hydrogen-bond donors (Lipinski definition) is 0. The number of ether oxygens (including phenoxy) is 1. The third-order valence-corrected chi connectivity index (χ3v) is 4.34. The lowest BCUT2D eigenvalue weighted by molar-refractivity contribution is -0.312. The number of esters is 1. The zero-order chi connectivity index (χ0) is 24.8. The highest BCUT2D eigenvalue weighted by Crippen LogP contribution is 2.44. The van der Waals surface area contributed by atoms with Crippen LogP contribution in [0.1, 0.15) is 24.5 Å². The highest BCUT2D eigenvalue weighted by molar-refractivity contribution is 5.87. The summed E-state index contributed by atoms with van der Waals surface area (Å²) in [6.07, 6.45) is -6.98. The molecule has 2 atom stereocenters. The first-order valence-corrected chi connectivity index (χ1v) is 9.52. The number of carbonyl (C=O) groups excluding carboxylic acids is 1. The predicted molar refractivity (Wildman–Crippen MR) is 102 cm³/mol. The van der Waals surface area contributed by atoms with E-state index in [1.807, 2.05) is 6.92 Å². The van der Waals surface area contributed by atoms with Crippen LogP contribution in [0, 0.1) is 0 Å². The van der Waals surface area contributed by atoms with E-state index < -0.39 is 36.8 Å². The average molecular weight is 482 g/mol. The lowest BCUT2D eigenvalue weighted by Crippen LogP contribution is -2.56. The first-order valence-electron chi connectivity index (χ1n) is 9.52. The smallest absolute Gasteiger partial charge is 0.378 e. The van der Waals surface area contributed by atoms with Gasteiger partial charge in [0.25, 0.3) is 6.43 Å². The molecule has 0 N–H and O–H groups in total. The molecule has 2 unspecified atom stereocenters. The van der Waals surface area contributed by atoms with Crippen LogP contribution in [-0.4, -0.2) is 46.7 Å². The van der Waals surface area contributed by atoms with Crippen molar-refractivity contribution >= 4 is 12.0 Å². The molecule has 4 nitrogen and oxygen atoms in total. The molecule has 2 rings (SSSR count). The maximum Gasteiger partial charge on any atom is 0.378 e. The second-order valence-electron chi connectivity index (χ2n) is 6.86. The number of carbonyl (C=O) groups is 1. The second-order valence-corrected chi connectivity index (χ2v) is 6.86. The van der Waals surface area contributed by atoms with Crippen molar-refractivity contribution in [1.29, 1.82) is 0 Å². The lowest BCUT2D eigenvalue weighted by Gasteiger charge is -2.30. The van der Waals surface area contributed by atoms with Crippen molar-refractivity contribution in [2.45, 2.75) is 50.6 Å². The Morgan fingerprint density at radius 3 is 2.09 bits per heavy atom. The van der Waals surface area contributed by atoms with Gasteiger partial charge in [0.15, 0.2) is 5.82 Å². The van der Waals surface area contributed by atoms with E-state index in [0.717, 1.165) is 24.5 Å². The van der Waals surface area contributed by atoms with Crippen LogP contribution in [0.25, 0.3) is 17.5 Å². The zero-order valence-electron chi connectivity index (χ0n) is 17.0. The van der Waals surface area contributed by atoms with Crippen molar-refractivity contribution in [1.82, 2.24) is 9.97 Å². The van der Waals surface area contributed by atoms with Gasteiger partial charge in [-0.25, -0.2) is 27.9 Å². The van der Waals surface area contributed by atoms with E-state index in [0.29, 0.717) is 23.0 Å². The van der Waals surface area contributed by atoms with E-state index in [1.165, 1.54) is 12.1 Å². The molecular weight excluding hydrogens is 464 g/mol. The minimum Gasteiger partial charge on any atom is -0.421 e. The van der Waals surface area contributed by atoms with E-state index in [9.17, 15) is 39.9 Å². The van der Waals surface area contributed by atoms with Crippen molar-refractivity contribution in [3.63, 3.8) is 0 Å². The fourth-order valence-electron chi connectivity index (χ4n) is 2.54. The molecular formula is C21H18F8N2O2. The lowest BCUT2D eigenvalue weighted by atomic mass is 10.1. The van der Waals surface area contributed by atoms with E-state index >= 15 is 0 Å². The van der Waals surface area contributed by atoms with Gasteiger partial charge in [-0.2, -0.15) is 22.0 Å². The maximum absolute atomic E-state index is 13.5. The van der Waals surface area contributed by atoms with Crippen LogP contribution in [0.3, 0.4) is 0 Å². The molecule has 1 heterocycles. The summed E-state index contributed by atoms with van der Waals surface area (Å²) in [7, 11) is 0. The van der Waals surface area contributed by atoms with Crippen LogP contribution in [0.5, 0.6) is 0 Å². The Morgan fingerprint density at radius 1 is 1.00 bits per heavy atom. The molecule has 180 valence electrons. The summed E-state index contributed by atoms with van der Waals surface area (Å²) in [5, 5.41) is 0. The number of nitrogens with zero attached hydrogens (tertiary/aromatic N) is 2. The number of hydrogen-bond acceptors (Lipinski definition) is 4. The molecule has 1 aromatic heterocycles. The van der Waals surface area contributed by atoms with Crippen LogP contribution >= 0.6 is 0 Å². The summed E-state index contributed by atoms with van der Waals surface area (Å²) in [4.78, 5) is 19.9. The molecule has 1 aromatic carbocycles. The first kappa shape index (κ1) is 26.2. The number of benzene rings is 1. The molecule has 2 aromatic rings. The topological polar surface area (TPSA) is 52.1 Å². The summed E-state index contributed by atoms with van der Waals surface area (Å²) in [6.45, 7) is 2.01. The quantitative estimate of drug-likeness (QED) is 0.243. The number of alkyl halides is 8. The second kappa shape index (κ2) is 10.7. The monoisotopic (exact) mass is 482 g/mol. The van der Waals surface area contributed by atoms with Gasteiger partial charge < -0.3 is 4.74 Å². The van der Waals surface area contributed by atoms with E-state index in [1.54, 1.807) is 24.5 Å². The van der Waals surface area contributed by atoms with E-state index in [4.69, 9.17) is 0 Å². The summed E-state index contributed by atoms with van der Waals surface area (Å²) >= 11 is 0. The van der Waals surface area contributed by atoms with Gasteiger partial charge in [0.2, 0.25) is 6.17 Å². The minimum absolute atomic E-state index is 0.312. The molecule has 0 amide bonds. The number of rotatable bonds is 10. The molecule has 0 aliphatic rings. The van der Waals surface area contributed by atoms with Crippen molar-refractivity contribution in [3.05, 3.63) is 53.9 Å². The molecule has 0 saturated carbocycles. The molecule has 0 bridgehead atoms. The summed E-state index contributed by atoms with van der Waals surface area (Å²) in [5.41, 5.74) is 1.89. The Morgan fingerprint density at radius 2 is 1.58 bits per heavy atom. The summed E-state index contributed by atoms with van der Waals surface area (Å²) in [6, 6.07) is 6.07. The molecule has 0 saturated heterocycles. The van der Waals surface area contributed by atoms with Gasteiger partial charge in [-0.1, -0.05) is 37.6 Å². The molecule has 12 heteroatoms. The van der Waals surface area contributed by atoms with Gasteiger partial charge in [-0.05, 0) is 23.6 Å². The Balaban J connectivity index is 2.02. The third-order valence-electron chi connectivity index (χ3n) is 4.34.